The molecule has 1 aromatic rings. The first kappa shape index (κ1) is 11.3. The van der Waals surface area contributed by atoms with Crippen LogP contribution in [-0.2, 0) is 4.74 Å². The maximum absolute atomic E-state index is 13.5. The molecule has 0 spiro atoms. The molecule has 1 aliphatic heterocycles. The van der Waals surface area contributed by atoms with Crippen LogP contribution in [0.15, 0.2) is 29.3 Å². The molecule has 3 heteroatoms. The van der Waals surface area contributed by atoms with Gasteiger partial charge in [-0.05, 0) is 38.0 Å². The molecule has 0 fully saturated rings. The van der Waals surface area contributed by atoms with Gasteiger partial charge in [0.1, 0.15) is 11.6 Å². The molecule has 1 aliphatic rings. The van der Waals surface area contributed by atoms with Crippen LogP contribution < -0.4 is 0 Å². The Labute approximate surface area is 93.7 Å². The molecule has 1 unspecified atom stereocenters. The van der Waals surface area contributed by atoms with E-state index in [1.807, 2.05) is 13.8 Å². The van der Waals surface area contributed by atoms with Crippen LogP contribution in [0.4, 0.5) is 8.78 Å². The summed E-state index contributed by atoms with van der Waals surface area (Å²) < 4.78 is 32.5. The van der Waals surface area contributed by atoms with Crippen LogP contribution in [0.5, 0.6) is 0 Å². The highest BCUT2D eigenvalue weighted by molar-refractivity contribution is 5.26. The first-order valence-electron chi connectivity index (χ1n) is 5.30. The number of ether oxygens (including phenoxy) is 1. The fourth-order valence-electron chi connectivity index (χ4n) is 1.86. The summed E-state index contributed by atoms with van der Waals surface area (Å²) in [6, 6.07) is 3.90. The normalized spacial score (nSPS) is 21.4. The minimum Gasteiger partial charge on any atom is -0.369 e. The Kier molecular flexibility index (Phi) is 3.06. The molecule has 0 saturated carbocycles. The van der Waals surface area contributed by atoms with E-state index in [1.165, 1.54) is 18.2 Å². The van der Waals surface area contributed by atoms with Gasteiger partial charge < -0.3 is 4.74 Å². The highest BCUT2D eigenvalue weighted by Crippen LogP contribution is 2.33. The standard InChI is InChI=1S/C13H14F2O/c1-8-6-12(16-7-9(8)2)13-10(14)4-3-5-11(13)15/h3-5,12H,6-7H2,1-2H3. The number of rotatable bonds is 1. The van der Waals surface area contributed by atoms with Crippen LogP contribution in [0, 0.1) is 11.6 Å². The minimum atomic E-state index is -0.530. The van der Waals surface area contributed by atoms with E-state index >= 15 is 0 Å². The Bertz CT molecular complexity index is 417. The van der Waals surface area contributed by atoms with Gasteiger partial charge in [-0.15, -0.1) is 0 Å². The number of hydrogen-bond acceptors (Lipinski definition) is 1. The molecule has 1 nitrogen and oxygen atoms in total. The molecule has 0 aliphatic carbocycles. The lowest BCUT2D eigenvalue weighted by Crippen LogP contribution is -2.16. The Hall–Kier alpha value is -1.22. The molecule has 0 N–H and O–H groups in total. The molecule has 0 saturated heterocycles. The van der Waals surface area contributed by atoms with Crippen molar-refractivity contribution in [1.29, 1.82) is 0 Å². The highest BCUT2D eigenvalue weighted by atomic mass is 19.1. The minimum absolute atomic E-state index is 0.0503. The quantitative estimate of drug-likeness (QED) is 0.660. The SMILES string of the molecule is CC1=C(C)CC(c2c(F)cccc2F)OC1. The van der Waals surface area contributed by atoms with Gasteiger partial charge in [-0.2, -0.15) is 0 Å². The molecular weight excluding hydrogens is 210 g/mol. The van der Waals surface area contributed by atoms with Crippen molar-refractivity contribution in [1.82, 2.24) is 0 Å². The van der Waals surface area contributed by atoms with Crippen molar-refractivity contribution >= 4 is 0 Å². The summed E-state index contributed by atoms with van der Waals surface area (Å²) in [7, 11) is 0. The fourth-order valence-corrected chi connectivity index (χ4v) is 1.86. The van der Waals surface area contributed by atoms with Crippen molar-refractivity contribution in [3.8, 4) is 0 Å². The summed E-state index contributed by atoms with van der Waals surface area (Å²) in [6.07, 6.45) is 0.0637. The predicted molar refractivity (Wildman–Crippen MR) is 58.0 cm³/mol. The number of hydrogen-bond donors (Lipinski definition) is 0. The average Bonchev–Trinajstić information content (AvgIpc) is 2.23. The van der Waals surface area contributed by atoms with Crippen LogP contribution in [0.25, 0.3) is 0 Å². The van der Waals surface area contributed by atoms with E-state index in [0.717, 1.165) is 11.1 Å². The van der Waals surface area contributed by atoms with Gasteiger partial charge in [0.25, 0.3) is 0 Å². The third-order valence-corrected chi connectivity index (χ3v) is 3.04. The van der Waals surface area contributed by atoms with E-state index in [1.54, 1.807) is 0 Å². The lowest BCUT2D eigenvalue weighted by Gasteiger charge is -2.25. The van der Waals surface area contributed by atoms with Crippen LogP contribution in [0.3, 0.4) is 0 Å². The molecule has 2 rings (SSSR count). The van der Waals surface area contributed by atoms with Gasteiger partial charge >= 0.3 is 0 Å². The number of benzene rings is 1. The third kappa shape index (κ3) is 2.00. The van der Waals surface area contributed by atoms with Gasteiger partial charge in [0, 0.05) is 0 Å². The third-order valence-electron chi connectivity index (χ3n) is 3.04. The van der Waals surface area contributed by atoms with Crippen molar-refractivity contribution in [3.63, 3.8) is 0 Å². The molecule has 16 heavy (non-hydrogen) atoms. The van der Waals surface area contributed by atoms with Gasteiger partial charge in [0.05, 0.1) is 18.3 Å². The van der Waals surface area contributed by atoms with Gasteiger partial charge in [-0.3, -0.25) is 0 Å². The zero-order chi connectivity index (χ0) is 11.7. The molecule has 1 aromatic carbocycles. The van der Waals surface area contributed by atoms with Gasteiger partial charge in [-0.25, -0.2) is 8.78 Å². The Morgan fingerprint density at radius 3 is 2.31 bits per heavy atom. The molecule has 0 radical (unpaired) electrons. The average molecular weight is 224 g/mol. The molecule has 86 valence electrons. The summed E-state index contributed by atoms with van der Waals surface area (Å²) in [5.74, 6) is -1.06. The zero-order valence-electron chi connectivity index (χ0n) is 9.39. The smallest absolute Gasteiger partial charge is 0.131 e. The van der Waals surface area contributed by atoms with E-state index in [0.29, 0.717) is 13.0 Å². The fraction of sp³-hybridized carbons (Fsp3) is 0.385. The topological polar surface area (TPSA) is 9.23 Å². The Balaban J connectivity index is 2.33. The van der Waals surface area contributed by atoms with Crippen molar-refractivity contribution in [2.75, 3.05) is 6.61 Å². The maximum Gasteiger partial charge on any atom is 0.131 e. The second-order valence-corrected chi connectivity index (χ2v) is 4.20. The van der Waals surface area contributed by atoms with E-state index < -0.39 is 17.7 Å². The van der Waals surface area contributed by atoms with Crippen molar-refractivity contribution < 1.29 is 13.5 Å². The second-order valence-electron chi connectivity index (χ2n) is 4.20. The van der Waals surface area contributed by atoms with Gasteiger partial charge in [0.15, 0.2) is 0 Å². The first-order valence-corrected chi connectivity index (χ1v) is 5.30. The lowest BCUT2D eigenvalue weighted by molar-refractivity contribution is 0.0525. The molecular formula is C13H14F2O. The summed E-state index contributed by atoms with van der Waals surface area (Å²) in [5.41, 5.74) is 2.35. The van der Waals surface area contributed by atoms with Crippen LogP contribution in [0.2, 0.25) is 0 Å². The molecule has 0 bridgehead atoms. The van der Waals surface area contributed by atoms with Crippen LogP contribution in [-0.4, -0.2) is 6.61 Å². The maximum atomic E-state index is 13.5. The van der Waals surface area contributed by atoms with Crippen molar-refractivity contribution in [2.24, 2.45) is 0 Å². The zero-order valence-corrected chi connectivity index (χ0v) is 9.39. The van der Waals surface area contributed by atoms with E-state index in [-0.39, 0.29) is 5.56 Å². The Morgan fingerprint density at radius 1 is 1.12 bits per heavy atom. The van der Waals surface area contributed by atoms with Crippen LogP contribution >= 0.6 is 0 Å². The molecule has 1 atom stereocenters. The Morgan fingerprint density at radius 2 is 1.75 bits per heavy atom. The second kappa shape index (κ2) is 4.34. The van der Waals surface area contributed by atoms with Gasteiger partial charge in [0.2, 0.25) is 0 Å². The van der Waals surface area contributed by atoms with Crippen LogP contribution in [0.1, 0.15) is 31.9 Å². The van der Waals surface area contributed by atoms with E-state index in [9.17, 15) is 8.78 Å². The lowest BCUT2D eigenvalue weighted by atomic mass is 9.96. The number of halogens is 2. The molecule has 0 amide bonds. The largest absolute Gasteiger partial charge is 0.369 e. The van der Waals surface area contributed by atoms with E-state index in [2.05, 4.69) is 0 Å². The highest BCUT2D eigenvalue weighted by Gasteiger charge is 2.24. The van der Waals surface area contributed by atoms with Gasteiger partial charge in [-0.1, -0.05) is 11.6 Å². The summed E-state index contributed by atoms with van der Waals surface area (Å²) in [5, 5.41) is 0. The summed E-state index contributed by atoms with van der Waals surface area (Å²) in [4.78, 5) is 0. The molecule has 0 aromatic heterocycles. The summed E-state index contributed by atoms with van der Waals surface area (Å²) in [6.45, 7) is 4.40. The first-order chi connectivity index (χ1) is 7.59. The van der Waals surface area contributed by atoms with Crippen molar-refractivity contribution in [2.45, 2.75) is 26.4 Å². The van der Waals surface area contributed by atoms with Crippen molar-refractivity contribution in [3.05, 3.63) is 46.5 Å². The molecule has 1 heterocycles. The predicted octanol–water partition coefficient (Wildman–Crippen LogP) is 3.76. The summed E-state index contributed by atoms with van der Waals surface area (Å²) >= 11 is 0. The van der Waals surface area contributed by atoms with E-state index in [4.69, 9.17) is 4.74 Å². The monoisotopic (exact) mass is 224 g/mol.